The van der Waals surface area contributed by atoms with E-state index in [-0.39, 0.29) is 19.5 Å². The van der Waals surface area contributed by atoms with Crippen molar-refractivity contribution in [2.24, 2.45) is 0 Å². The molecule has 0 aromatic heterocycles. The van der Waals surface area contributed by atoms with E-state index in [9.17, 15) is 5.11 Å². The Hall–Kier alpha value is -0.500. The second-order valence-electron chi connectivity index (χ2n) is 4.85. The molecule has 0 amide bonds. The van der Waals surface area contributed by atoms with Crippen molar-refractivity contribution in [2.45, 2.75) is 44.2 Å². The molecule has 0 radical (unpaired) electrons. The van der Waals surface area contributed by atoms with Gasteiger partial charge in [-0.2, -0.15) is 0 Å². The van der Waals surface area contributed by atoms with Gasteiger partial charge in [-0.3, -0.25) is 0 Å². The highest BCUT2D eigenvalue weighted by molar-refractivity contribution is 5.19. The minimum Gasteiger partial charge on any atom is -0.394 e. The molecule has 6 heteroatoms. The van der Waals surface area contributed by atoms with Crippen molar-refractivity contribution in [3.05, 3.63) is 12.2 Å². The van der Waals surface area contributed by atoms with Crippen LogP contribution in [-0.4, -0.2) is 56.0 Å². The van der Waals surface area contributed by atoms with Crippen molar-refractivity contribution >= 4 is 0 Å². The number of rotatable bonds is 5. The molecule has 2 fully saturated rings. The number of hydrogen-bond donors (Lipinski definition) is 1. The second-order valence-corrected chi connectivity index (χ2v) is 4.85. The summed E-state index contributed by atoms with van der Waals surface area (Å²) >= 11 is 0. The Kier molecular flexibility index (Phi) is 4.05. The first-order chi connectivity index (χ1) is 8.48. The van der Waals surface area contributed by atoms with Crippen LogP contribution < -0.4 is 0 Å². The predicted octanol–water partition coefficient (Wildman–Crippen LogP) is 0.400. The van der Waals surface area contributed by atoms with Gasteiger partial charge in [0.05, 0.1) is 6.61 Å². The summed E-state index contributed by atoms with van der Waals surface area (Å²) in [6, 6.07) is 0. The maximum Gasteiger partial charge on any atom is 0.191 e. The van der Waals surface area contributed by atoms with Gasteiger partial charge in [0, 0.05) is 7.11 Å². The van der Waals surface area contributed by atoms with E-state index in [0.717, 1.165) is 5.57 Å². The van der Waals surface area contributed by atoms with Crippen molar-refractivity contribution < 1.29 is 28.8 Å². The normalized spacial score (nSPS) is 35.8. The molecule has 2 saturated heterocycles. The van der Waals surface area contributed by atoms with Gasteiger partial charge in [0.1, 0.15) is 25.1 Å². The third-order valence-electron chi connectivity index (χ3n) is 2.99. The van der Waals surface area contributed by atoms with Crippen molar-refractivity contribution in [1.82, 2.24) is 0 Å². The van der Waals surface area contributed by atoms with Crippen LogP contribution in [-0.2, 0) is 23.7 Å². The van der Waals surface area contributed by atoms with Crippen molar-refractivity contribution in [2.75, 3.05) is 20.5 Å². The molecule has 4 atom stereocenters. The molecule has 2 rings (SSSR count). The van der Waals surface area contributed by atoms with E-state index in [1.807, 2.05) is 13.8 Å². The summed E-state index contributed by atoms with van der Waals surface area (Å²) in [6.07, 6.45) is -1.78. The summed E-state index contributed by atoms with van der Waals surface area (Å²) < 4.78 is 27.2. The molecule has 0 bridgehead atoms. The number of aliphatic hydroxyl groups excluding tert-OH is 1. The van der Waals surface area contributed by atoms with Crippen molar-refractivity contribution in [1.29, 1.82) is 0 Å². The molecular weight excluding hydrogens is 240 g/mol. The van der Waals surface area contributed by atoms with E-state index in [2.05, 4.69) is 6.58 Å². The Morgan fingerprint density at radius 3 is 2.72 bits per heavy atom. The van der Waals surface area contributed by atoms with Crippen molar-refractivity contribution in [3.8, 4) is 0 Å². The van der Waals surface area contributed by atoms with Crippen LogP contribution in [0.4, 0.5) is 0 Å². The summed E-state index contributed by atoms with van der Waals surface area (Å²) in [4.78, 5) is 0. The first kappa shape index (κ1) is 13.9. The first-order valence-corrected chi connectivity index (χ1v) is 5.89. The lowest BCUT2D eigenvalue weighted by atomic mass is 10.0. The lowest BCUT2D eigenvalue weighted by Gasteiger charge is -2.25. The van der Waals surface area contributed by atoms with Gasteiger partial charge >= 0.3 is 0 Å². The van der Waals surface area contributed by atoms with E-state index < -0.39 is 24.3 Å². The van der Waals surface area contributed by atoms with Gasteiger partial charge in [-0.15, -0.1) is 0 Å². The summed E-state index contributed by atoms with van der Waals surface area (Å²) in [5.74, 6) is -0.675. The highest BCUT2D eigenvalue weighted by atomic mass is 16.8. The second kappa shape index (κ2) is 5.24. The Morgan fingerprint density at radius 1 is 1.44 bits per heavy atom. The van der Waals surface area contributed by atoms with Gasteiger partial charge in [-0.05, 0) is 19.4 Å². The van der Waals surface area contributed by atoms with Crippen LogP contribution in [0.3, 0.4) is 0 Å². The molecule has 0 aromatic rings. The molecule has 2 aliphatic rings. The fourth-order valence-corrected chi connectivity index (χ4v) is 2.19. The van der Waals surface area contributed by atoms with Crippen LogP contribution in [0.1, 0.15) is 13.8 Å². The molecule has 6 nitrogen and oxygen atoms in total. The van der Waals surface area contributed by atoms with E-state index in [1.165, 1.54) is 7.11 Å². The minimum atomic E-state index is -0.675. The molecule has 0 aliphatic carbocycles. The van der Waals surface area contributed by atoms with E-state index in [4.69, 9.17) is 23.7 Å². The first-order valence-electron chi connectivity index (χ1n) is 5.89. The van der Waals surface area contributed by atoms with Crippen LogP contribution in [0.2, 0.25) is 0 Å². The highest BCUT2D eigenvalue weighted by Gasteiger charge is 2.52. The van der Waals surface area contributed by atoms with Crippen molar-refractivity contribution in [3.63, 3.8) is 0 Å². The van der Waals surface area contributed by atoms with Crippen LogP contribution >= 0.6 is 0 Å². The molecule has 0 aromatic carbocycles. The van der Waals surface area contributed by atoms with E-state index >= 15 is 0 Å². The zero-order chi connectivity index (χ0) is 13.3. The summed E-state index contributed by atoms with van der Waals surface area (Å²) in [5, 5.41) is 9.31. The Balaban J connectivity index is 2.00. The molecule has 18 heavy (non-hydrogen) atoms. The van der Waals surface area contributed by atoms with Gasteiger partial charge in [0.15, 0.2) is 12.1 Å². The van der Waals surface area contributed by atoms with Gasteiger partial charge in [0.25, 0.3) is 0 Å². The third kappa shape index (κ3) is 2.59. The number of ether oxygens (including phenoxy) is 5. The molecule has 2 aliphatic heterocycles. The topological polar surface area (TPSA) is 66.4 Å². The number of aliphatic hydroxyl groups is 1. The van der Waals surface area contributed by atoms with Crippen LogP contribution in [0.25, 0.3) is 0 Å². The predicted molar refractivity (Wildman–Crippen MR) is 61.7 cm³/mol. The molecule has 2 heterocycles. The maximum absolute atomic E-state index is 9.31. The third-order valence-corrected chi connectivity index (χ3v) is 2.99. The average Bonchev–Trinajstić information content (AvgIpc) is 2.75. The highest BCUT2D eigenvalue weighted by Crippen LogP contribution is 2.40. The van der Waals surface area contributed by atoms with Gasteiger partial charge in [0.2, 0.25) is 0 Å². The number of methoxy groups -OCH3 is 1. The van der Waals surface area contributed by atoms with Gasteiger partial charge < -0.3 is 28.8 Å². The summed E-state index contributed by atoms with van der Waals surface area (Å²) in [6.45, 7) is 7.50. The molecule has 0 saturated carbocycles. The molecule has 104 valence electrons. The van der Waals surface area contributed by atoms with E-state index in [1.54, 1.807) is 0 Å². The summed E-state index contributed by atoms with van der Waals surface area (Å²) in [5.41, 5.74) is 0.723. The Morgan fingerprint density at radius 2 is 2.17 bits per heavy atom. The smallest absolute Gasteiger partial charge is 0.191 e. The molecule has 1 N–H and O–H groups in total. The number of hydrogen-bond acceptors (Lipinski definition) is 6. The van der Waals surface area contributed by atoms with Crippen LogP contribution in [0, 0.1) is 0 Å². The van der Waals surface area contributed by atoms with Crippen LogP contribution in [0.15, 0.2) is 12.2 Å². The zero-order valence-corrected chi connectivity index (χ0v) is 10.9. The molecular formula is C12H20O6. The monoisotopic (exact) mass is 260 g/mol. The van der Waals surface area contributed by atoms with Crippen LogP contribution in [0.5, 0.6) is 0 Å². The lowest BCUT2D eigenvalue weighted by molar-refractivity contribution is -0.218. The fourth-order valence-electron chi connectivity index (χ4n) is 2.19. The maximum atomic E-state index is 9.31. The fraction of sp³-hybridized carbons (Fsp3) is 0.833. The Bertz CT molecular complexity index is 316. The number of fused-ring (bicyclic) bond motifs is 1. The lowest BCUT2D eigenvalue weighted by Crippen LogP contribution is -2.36. The SMILES string of the molecule is C=C1[C@H]2OC(C)(C)O[C@H]2O[C@@H]1[C@@H](CO)OCOC. The van der Waals surface area contributed by atoms with Gasteiger partial charge in [-0.25, -0.2) is 0 Å². The van der Waals surface area contributed by atoms with Gasteiger partial charge in [-0.1, -0.05) is 6.58 Å². The minimum absolute atomic E-state index is 0.0842. The molecule has 0 unspecified atom stereocenters. The largest absolute Gasteiger partial charge is 0.394 e. The summed E-state index contributed by atoms with van der Waals surface area (Å²) in [7, 11) is 1.52. The standard InChI is InChI=1S/C12H20O6/c1-7-9(8(5-13)15-6-14-4)16-11-10(7)17-12(2,3)18-11/h8-11,13H,1,5-6H2,2-4H3/t8-,9+,10-,11-/m1/s1. The quantitative estimate of drug-likeness (QED) is 0.570. The molecule has 0 spiro atoms. The van der Waals surface area contributed by atoms with E-state index in [0.29, 0.717) is 0 Å². The average molecular weight is 260 g/mol. The Labute approximate surface area is 106 Å². The zero-order valence-electron chi connectivity index (χ0n) is 10.9.